The predicted octanol–water partition coefficient (Wildman–Crippen LogP) is 5.19. The average molecular weight is 304 g/mol. The summed E-state index contributed by atoms with van der Waals surface area (Å²) in [5.74, 6) is 0. The van der Waals surface area contributed by atoms with Crippen LogP contribution in [0.2, 0.25) is 0 Å². The molecule has 0 aliphatic carbocycles. The first kappa shape index (κ1) is 17.0. The fourth-order valence-corrected chi connectivity index (χ4v) is 3.02. The second-order valence-electron chi connectivity index (χ2n) is 5.49. The van der Waals surface area contributed by atoms with Gasteiger partial charge in [0.2, 0.25) is 5.71 Å². The maximum absolute atomic E-state index is 4.06. The van der Waals surface area contributed by atoms with Gasteiger partial charge in [-0.1, -0.05) is 67.2 Å². The first-order chi connectivity index (χ1) is 11.2. The van der Waals surface area contributed by atoms with E-state index in [0.29, 0.717) is 0 Å². The van der Waals surface area contributed by atoms with Crippen LogP contribution in [0.15, 0.2) is 78.9 Å². The second-order valence-corrected chi connectivity index (χ2v) is 5.49. The van der Waals surface area contributed by atoms with Gasteiger partial charge in [0.25, 0.3) is 0 Å². The highest BCUT2D eigenvalue weighted by Gasteiger charge is 2.17. The summed E-state index contributed by atoms with van der Waals surface area (Å²) in [6, 6.07) is 21.2. The van der Waals surface area contributed by atoms with Crippen LogP contribution in [-0.4, -0.2) is 23.4 Å². The SMILES string of the molecule is C=CC(C(C)=C(c1ccccc1)c1ccccc1)=[N+](CC)CC. The van der Waals surface area contributed by atoms with Gasteiger partial charge < -0.3 is 0 Å². The van der Waals surface area contributed by atoms with Crippen LogP contribution in [-0.2, 0) is 0 Å². The van der Waals surface area contributed by atoms with Gasteiger partial charge in [0.1, 0.15) is 13.1 Å². The summed E-state index contributed by atoms with van der Waals surface area (Å²) in [5.41, 5.74) is 6.22. The van der Waals surface area contributed by atoms with Crippen LogP contribution < -0.4 is 0 Å². The van der Waals surface area contributed by atoms with Crippen LogP contribution in [0.25, 0.3) is 5.57 Å². The predicted molar refractivity (Wildman–Crippen MR) is 101 cm³/mol. The van der Waals surface area contributed by atoms with Crippen molar-refractivity contribution in [2.75, 3.05) is 13.1 Å². The maximum atomic E-state index is 4.06. The van der Waals surface area contributed by atoms with Crippen molar-refractivity contribution in [3.63, 3.8) is 0 Å². The number of benzene rings is 2. The summed E-state index contributed by atoms with van der Waals surface area (Å²) in [7, 11) is 0. The Hall–Kier alpha value is -2.41. The Bertz CT molecular complexity index is 659. The van der Waals surface area contributed by atoms with E-state index < -0.39 is 0 Å². The molecule has 0 spiro atoms. The third-order valence-electron chi connectivity index (χ3n) is 4.18. The smallest absolute Gasteiger partial charge is 0.202 e. The van der Waals surface area contributed by atoms with E-state index in [1.54, 1.807) is 0 Å². The molecule has 0 radical (unpaired) electrons. The van der Waals surface area contributed by atoms with E-state index in [1.165, 1.54) is 28.0 Å². The van der Waals surface area contributed by atoms with Crippen LogP contribution in [0.4, 0.5) is 0 Å². The third kappa shape index (κ3) is 3.87. The van der Waals surface area contributed by atoms with Gasteiger partial charge in [0.15, 0.2) is 0 Å². The molecule has 0 saturated heterocycles. The Morgan fingerprint density at radius 2 is 1.30 bits per heavy atom. The summed E-state index contributed by atoms with van der Waals surface area (Å²) in [6.07, 6.45) is 1.98. The van der Waals surface area contributed by atoms with Crippen LogP contribution in [0.5, 0.6) is 0 Å². The molecule has 1 heteroatoms. The van der Waals surface area contributed by atoms with E-state index in [-0.39, 0.29) is 0 Å². The first-order valence-corrected chi connectivity index (χ1v) is 8.29. The standard InChI is InChI=1S/C22H26N/c1-5-21(23(6-2)7-3)18(4)22(19-14-10-8-11-15-19)20-16-12-9-13-17-20/h5,8-17H,1,6-7H2,2-4H3/q+1. The van der Waals surface area contributed by atoms with E-state index in [9.17, 15) is 0 Å². The zero-order valence-corrected chi connectivity index (χ0v) is 14.4. The van der Waals surface area contributed by atoms with Crippen molar-refractivity contribution >= 4 is 11.3 Å². The molecule has 23 heavy (non-hydrogen) atoms. The van der Waals surface area contributed by atoms with Crippen molar-refractivity contribution in [2.24, 2.45) is 0 Å². The molecule has 1 nitrogen and oxygen atoms in total. The van der Waals surface area contributed by atoms with Crippen molar-refractivity contribution in [3.8, 4) is 0 Å². The van der Waals surface area contributed by atoms with E-state index >= 15 is 0 Å². The fraction of sp³-hybridized carbons (Fsp3) is 0.227. The quantitative estimate of drug-likeness (QED) is 0.510. The molecule has 0 saturated carbocycles. The normalized spacial score (nSPS) is 10.0. The first-order valence-electron chi connectivity index (χ1n) is 8.29. The lowest BCUT2D eigenvalue weighted by atomic mass is 9.91. The fourth-order valence-electron chi connectivity index (χ4n) is 3.02. The van der Waals surface area contributed by atoms with Crippen molar-refractivity contribution in [3.05, 3.63) is 90.0 Å². The minimum atomic E-state index is 0.978. The van der Waals surface area contributed by atoms with Gasteiger partial charge >= 0.3 is 0 Å². The molecule has 0 fully saturated rings. The lowest BCUT2D eigenvalue weighted by Crippen LogP contribution is -2.21. The summed E-state index contributed by atoms with van der Waals surface area (Å²) >= 11 is 0. The monoisotopic (exact) mass is 304 g/mol. The molecule has 2 aromatic carbocycles. The molecule has 0 aliphatic rings. The van der Waals surface area contributed by atoms with Gasteiger partial charge in [-0.05, 0) is 37.5 Å². The van der Waals surface area contributed by atoms with Crippen LogP contribution >= 0.6 is 0 Å². The Morgan fingerprint density at radius 3 is 1.65 bits per heavy atom. The molecule has 0 N–H and O–H groups in total. The average Bonchev–Trinajstić information content (AvgIpc) is 2.61. The third-order valence-corrected chi connectivity index (χ3v) is 4.18. The molecular formula is C22H26N+. The van der Waals surface area contributed by atoms with Gasteiger partial charge in [0, 0.05) is 11.6 Å². The Balaban J connectivity index is 2.75. The maximum Gasteiger partial charge on any atom is 0.202 e. The molecule has 0 heterocycles. The van der Waals surface area contributed by atoms with Crippen LogP contribution in [0.3, 0.4) is 0 Å². The van der Waals surface area contributed by atoms with E-state index in [1.807, 2.05) is 6.08 Å². The minimum absolute atomic E-state index is 0.978. The number of rotatable bonds is 6. The lowest BCUT2D eigenvalue weighted by molar-refractivity contribution is -0.519. The van der Waals surface area contributed by atoms with E-state index in [4.69, 9.17) is 0 Å². The van der Waals surface area contributed by atoms with Crippen LogP contribution in [0.1, 0.15) is 31.9 Å². The number of allylic oxidation sites excluding steroid dienone is 2. The summed E-state index contributed by atoms with van der Waals surface area (Å²) in [6.45, 7) is 12.6. The summed E-state index contributed by atoms with van der Waals surface area (Å²) in [4.78, 5) is 0. The number of nitrogens with zero attached hydrogens (tertiary/aromatic N) is 1. The van der Waals surface area contributed by atoms with Crippen molar-refractivity contribution in [1.82, 2.24) is 0 Å². The largest absolute Gasteiger partial charge is 0.230 e. The molecule has 0 unspecified atom stereocenters. The van der Waals surface area contributed by atoms with E-state index in [2.05, 4.69) is 92.6 Å². The number of hydrogen-bond acceptors (Lipinski definition) is 0. The van der Waals surface area contributed by atoms with Gasteiger partial charge in [-0.25, -0.2) is 4.58 Å². The van der Waals surface area contributed by atoms with Crippen molar-refractivity contribution < 1.29 is 4.58 Å². The summed E-state index contributed by atoms with van der Waals surface area (Å²) < 4.78 is 2.36. The van der Waals surface area contributed by atoms with Gasteiger partial charge in [-0.15, -0.1) is 0 Å². The highest BCUT2D eigenvalue weighted by Crippen LogP contribution is 2.27. The molecular weight excluding hydrogens is 278 g/mol. The molecule has 0 amide bonds. The summed E-state index contributed by atoms with van der Waals surface area (Å²) in [5, 5.41) is 0. The van der Waals surface area contributed by atoms with Gasteiger partial charge in [-0.3, -0.25) is 0 Å². The molecule has 0 bridgehead atoms. The topological polar surface area (TPSA) is 3.01 Å². The molecule has 0 aromatic heterocycles. The second kappa shape index (κ2) is 8.28. The Labute approximate surface area is 140 Å². The minimum Gasteiger partial charge on any atom is -0.230 e. The van der Waals surface area contributed by atoms with Crippen molar-refractivity contribution in [1.29, 1.82) is 0 Å². The van der Waals surface area contributed by atoms with Gasteiger partial charge in [0.05, 0.1) is 0 Å². The molecule has 118 valence electrons. The lowest BCUT2D eigenvalue weighted by Gasteiger charge is -2.14. The van der Waals surface area contributed by atoms with Gasteiger partial charge in [-0.2, -0.15) is 0 Å². The van der Waals surface area contributed by atoms with Crippen LogP contribution in [0, 0.1) is 0 Å². The highest BCUT2D eigenvalue weighted by atomic mass is 15.0. The van der Waals surface area contributed by atoms with Crippen molar-refractivity contribution in [2.45, 2.75) is 20.8 Å². The number of hydrogen-bond donors (Lipinski definition) is 0. The highest BCUT2D eigenvalue weighted by molar-refractivity contribution is 6.11. The molecule has 2 aromatic rings. The molecule has 0 aliphatic heterocycles. The van der Waals surface area contributed by atoms with E-state index in [0.717, 1.165) is 13.1 Å². The zero-order chi connectivity index (χ0) is 16.7. The Kier molecular flexibility index (Phi) is 6.10. The Morgan fingerprint density at radius 1 is 0.870 bits per heavy atom. The zero-order valence-electron chi connectivity index (χ0n) is 14.4. The molecule has 0 atom stereocenters. The molecule has 2 rings (SSSR count).